The van der Waals surface area contributed by atoms with Crippen LogP contribution in [0, 0.1) is 5.82 Å². The van der Waals surface area contributed by atoms with Gasteiger partial charge in [-0.2, -0.15) is 0 Å². The second-order valence-corrected chi connectivity index (χ2v) is 4.24. The summed E-state index contributed by atoms with van der Waals surface area (Å²) in [6, 6.07) is 10.2. The summed E-state index contributed by atoms with van der Waals surface area (Å²) in [7, 11) is 0. The van der Waals surface area contributed by atoms with Gasteiger partial charge >= 0.3 is 0 Å². The van der Waals surface area contributed by atoms with Crippen LogP contribution < -0.4 is 10.1 Å². The van der Waals surface area contributed by atoms with Crippen LogP contribution in [0.4, 0.5) is 4.39 Å². The number of aromatic nitrogens is 1. The van der Waals surface area contributed by atoms with Crippen molar-refractivity contribution in [2.75, 3.05) is 6.54 Å². The second-order valence-electron chi connectivity index (χ2n) is 4.24. The molecule has 0 aliphatic carbocycles. The molecule has 0 bridgehead atoms. The van der Waals surface area contributed by atoms with Gasteiger partial charge in [0.2, 0.25) is 5.88 Å². The zero-order valence-corrected chi connectivity index (χ0v) is 11.1. The van der Waals surface area contributed by atoms with E-state index < -0.39 is 5.82 Å². The Morgan fingerprint density at radius 3 is 2.84 bits per heavy atom. The number of ether oxygens (including phenoxy) is 1. The summed E-state index contributed by atoms with van der Waals surface area (Å²) < 4.78 is 19.0. The predicted molar refractivity (Wildman–Crippen MR) is 72.8 cm³/mol. The Bertz CT molecular complexity index is 545. The van der Waals surface area contributed by atoms with Gasteiger partial charge < -0.3 is 10.1 Å². The summed E-state index contributed by atoms with van der Waals surface area (Å²) in [5.74, 6) is 0.185. The van der Waals surface area contributed by atoms with Gasteiger partial charge in [-0.25, -0.2) is 9.37 Å². The maximum absolute atomic E-state index is 13.5. The van der Waals surface area contributed by atoms with Crippen LogP contribution in [-0.2, 0) is 0 Å². The van der Waals surface area contributed by atoms with E-state index in [1.165, 1.54) is 6.07 Å². The Hall–Kier alpha value is -1.94. The minimum absolute atomic E-state index is 0.184. The molecule has 0 aliphatic rings. The number of para-hydroxylation sites is 1. The van der Waals surface area contributed by atoms with Crippen LogP contribution in [0.15, 0.2) is 42.6 Å². The fraction of sp³-hybridized carbons (Fsp3) is 0.267. The Labute approximate surface area is 112 Å². The molecule has 0 radical (unpaired) electrons. The fourth-order valence-corrected chi connectivity index (χ4v) is 1.81. The van der Waals surface area contributed by atoms with Gasteiger partial charge in [-0.15, -0.1) is 0 Å². The molecule has 0 saturated carbocycles. The lowest BCUT2D eigenvalue weighted by molar-refractivity contribution is 0.426. The number of nitrogens with one attached hydrogen (secondary N) is 1. The van der Waals surface area contributed by atoms with Crippen molar-refractivity contribution in [3.8, 4) is 11.6 Å². The number of rotatable bonds is 5. The average Bonchev–Trinajstić information content (AvgIpc) is 2.42. The van der Waals surface area contributed by atoms with Gasteiger partial charge in [-0.05, 0) is 37.2 Å². The molecule has 2 rings (SSSR count). The molecule has 100 valence electrons. The first-order valence-electron chi connectivity index (χ1n) is 6.32. The van der Waals surface area contributed by atoms with Gasteiger partial charge in [0.05, 0.1) is 0 Å². The van der Waals surface area contributed by atoms with Gasteiger partial charge in [0.15, 0.2) is 11.6 Å². The van der Waals surface area contributed by atoms with E-state index in [0.717, 1.165) is 12.1 Å². The predicted octanol–water partition coefficient (Wildman–Crippen LogP) is 3.68. The summed E-state index contributed by atoms with van der Waals surface area (Å²) in [5, 5.41) is 3.31. The summed E-state index contributed by atoms with van der Waals surface area (Å²) >= 11 is 0. The number of pyridine rings is 1. The molecule has 1 unspecified atom stereocenters. The maximum atomic E-state index is 13.5. The topological polar surface area (TPSA) is 34.2 Å². The van der Waals surface area contributed by atoms with Crippen molar-refractivity contribution in [3.63, 3.8) is 0 Å². The summed E-state index contributed by atoms with van der Waals surface area (Å²) in [6.45, 7) is 4.99. The number of hydrogen-bond donors (Lipinski definition) is 1. The molecule has 1 aromatic carbocycles. The first kappa shape index (κ1) is 13.5. The molecule has 0 saturated heterocycles. The molecule has 2 aromatic rings. The van der Waals surface area contributed by atoms with Gasteiger partial charge in [0.1, 0.15) is 0 Å². The minimum atomic E-state index is -0.394. The van der Waals surface area contributed by atoms with Crippen molar-refractivity contribution in [3.05, 3.63) is 54.0 Å². The van der Waals surface area contributed by atoms with Crippen LogP contribution in [0.5, 0.6) is 11.6 Å². The van der Waals surface area contributed by atoms with Gasteiger partial charge in [-0.3, -0.25) is 0 Å². The molecule has 1 N–H and O–H groups in total. The number of hydrogen-bond acceptors (Lipinski definition) is 3. The van der Waals surface area contributed by atoms with E-state index in [1.807, 2.05) is 12.1 Å². The van der Waals surface area contributed by atoms with Crippen molar-refractivity contribution >= 4 is 0 Å². The monoisotopic (exact) mass is 260 g/mol. The molecule has 1 atom stereocenters. The normalized spacial score (nSPS) is 12.2. The van der Waals surface area contributed by atoms with E-state index >= 15 is 0 Å². The molecular weight excluding hydrogens is 243 g/mol. The van der Waals surface area contributed by atoms with E-state index in [0.29, 0.717) is 5.88 Å². The van der Waals surface area contributed by atoms with E-state index in [9.17, 15) is 4.39 Å². The molecule has 0 aliphatic heterocycles. The summed E-state index contributed by atoms with van der Waals surface area (Å²) in [6.07, 6.45) is 1.67. The van der Waals surface area contributed by atoms with E-state index in [1.54, 1.807) is 24.4 Å². The highest BCUT2D eigenvalue weighted by Crippen LogP contribution is 2.24. The summed E-state index contributed by atoms with van der Waals surface area (Å²) in [4.78, 5) is 4.10. The minimum Gasteiger partial charge on any atom is -0.436 e. The lowest BCUT2D eigenvalue weighted by atomic mass is 10.1. The molecule has 0 amide bonds. The van der Waals surface area contributed by atoms with E-state index in [-0.39, 0.29) is 11.8 Å². The Kier molecular flexibility index (Phi) is 4.47. The van der Waals surface area contributed by atoms with Crippen molar-refractivity contribution in [2.24, 2.45) is 0 Å². The average molecular weight is 260 g/mol. The van der Waals surface area contributed by atoms with Crippen LogP contribution >= 0.6 is 0 Å². The van der Waals surface area contributed by atoms with Crippen molar-refractivity contribution in [2.45, 2.75) is 19.9 Å². The van der Waals surface area contributed by atoms with Crippen LogP contribution in [0.25, 0.3) is 0 Å². The van der Waals surface area contributed by atoms with Gasteiger partial charge in [0, 0.05) is 18.3 Å². The molecular formula is C15H17FN2O. The SMILES string of the molecule is CCNC(C)c1ccnc(Oc2ccccc2F)c1. The van der Waals surface area contributed by atoms with Crippen molar-refractivity contribution in [1.82, 2.24) is 10.3 Å². The molecule has 0 spiro atoms. The van der Waals surface area contributed by atoms with Crippen molar-refractivity contribution in [1.29, 1.82) is 0 Å². The van der Waals surface area contributed by atoms with E-state index in [4.69, 9.17) is 4.74 Å². The lowest BCUT2D eigenvalue weighted by Gasteiger charge is -2.13. The summed E-state index contributed by atoms with van der Waals surface area (Å²) in [5.41, 5.74) is 1.06. The molecule has 1 heterocycles. The third kappa shape index (κ3) is 3.51. The molecule has 3 nitrogen and oxygen atoms in total. The lowest BCUT2D eigenvalue weighted by Crippen LogP contribution is -2.17. The molecule has 4 heteroatoms. The molecule has 0 fully saturated rings. The Morgan fingerprint density at radius 1 is 1.32 bits per heavy atom. The third-order valence-electron chi connectivity index (χ3n) is 2.82. The number of benzene rings is 1. The Balaban J connectivity index is 2.18. The fourth-order valence-electron chi connectivity index (χ4n) is 1.81. The van der Waals surface area contributed by atoms with Crippen LogP contribution in [0.1, 0.15) is 25.5 Å². The maximum Gasteiger partial charge on any atom is 0.219 e. The third-order valence-corrected chi connectivity index (χ3v) is 2.82. The Morgan fingerprint density at radius 2 is 2.11 bits per heavy atom. The quantitative estimate of drug-likeness (QED) is 0.890. The van der Waals surface area contributed by atoms with Gasteiger partial charge in [-0.1, -0.05) is 19.1 Å². The highest BCUT2D eigenvalue weighted by atomic mass is 19.1. The molecule has 1 aromatic heterocycles. The van der Waals surface area contributed by atoms with E-state index in [2.05, 4.69) is 24.1 Å². The van der Waals surface area contributed by atoms with Crippen molar-refractivity contribution < 1.29 is 9.13 Å². The molecule has 19 heavy (non-hydrogen) atoms. The number of halogens is 1. The van der Waals surface area contributed by atoms with Crippen LogP contribution in [0.2, 0.25) is 0 Å². The first-order chi connectivity index (χ1) is 9.20. The van der Waals surface area contributed by atoms with Crippen LogP contribution in [0.3, 0.4) is 0 Å². The second kappa shape index (κ2) is 6.29. The zero-order chi connectivity index (χ0) is 13.7. The zero-order valence-electron chi connectivity index (χ0n) is 11.1. The van der Waals surface area contributed by atoms with Crippen LogP contribution in [-0.4, -0.2) is 11.5 Å². The largest absolute Gasteiger partial charge is 0.436 e. The van der Waals surface area contributed by atoms with Gasteiger partial charge in [0.25, 0.3) is 0 Å². The highest BCUT2D eigenvalue weighted by molar-refractivity contribution is 5.30. The highest BCUT2D eigenvalue weighted by Gasteiger charge is 2.08. The smallest absolute Gasteiger partial charge is 0.219 e. The standard InChI is InChI=1S/C15H17FN2O/c1-3-17-11(2)12-8-9-18-15(10-12)19-14-7-5-4-6-13(14)16/h4-11,17H,3H2,1-2H3. The first-order valence-corrected chi connectivity index (χ1v) is 6.32. The number of nitrogens with zero attached hydrogens (tertiary/aromatic N) is 1.